The number of likely N-dealkylation sites (tertiary alicyclic amines) is 1. The third-order valence-corrected chi connectivity index (χ3v) is 7.98. The standard InChI is InChI=1S/C38H49NO4/c1-3-4-5-6-7-8-9-10-11-12-13-14-15-16-17-18-22-25-37(42)39-29-28-32(31-39)26-27-34(40)35-30-36(41)38(2,43-35)33-23-20-19-21-24-33/h4-5,7-8,10-11,13-14,16-17,19-21,23-24,30,32H,3,6,9,12,15,18,22,25-29,31H2,1-2H3/b5-4-,8-7-,11-10-,14-13-,17-16-/t32-,38?/m1/s1. The predicted octanol–water partition coefficient (Wildman–Crippen LogP) is 8.50. The number of hydrogen-bond donors (Lipinski definition) is 0. The molecule has 1 amide bonds. The molecule has 3 rings (SSSR count). The molecule has 230 valence electrons. The third kappa shape index (κ3) is 11.5. The number of benzene rings is 1. The number of amides is 1. The first-order chi connectivity index (χ1) is 20.9. The van der Waals surface area contributed by atoms with Gasteiger partial charge in [-0.05, 0) is 70.6 Å². The molecule has 2 aliphatic heterocycles. The Bertz CT molecular complexity index is 1220. The highest BCUT2D eigenvalue weighted by atomic mass is 16.5. The minimum absolute atomic E-state index is 0.144. The number of carbonyl (C=O) groups excluding carboxylic acids is 3. The van der Waals surface area contributed by atoms with Crippen LogP contribution < -0.4 is 0 Å². The summed E-state index contributed by atoms with van der Waals surface area (Å²) in [7, 11) is 0. The van der Waals surface area contributed by atoms with Crippen molar-refractivity contribution < 1.29 is 19.1 Å². The smallest absolute Gasteiger partial charge is 0.222 e. The van der Waals surface area contributed by atoms with Crippen LogP contribution in [0.5, 0.6) is 0 Å². The van der Waals surface area contributed by atoms with Crippen molar-refractivity contribution in [1.82, 2.24) is 4.90 Å². The molecule has 0 N–H and O–H groups in total. The Labute approximate surface area is 258 Å². The zero-order valence-corrected chi connectivity index (χ0v) is 26.1. The summed E-state index contributed by atoms with van der Waals surface area (Å²) in [6, 6.07) is 9.28. The maximum absolute atomic E-state index is 12.8. The fourth-order valence-corrected chi connectivity index (χ4v) is 5.30. The van der Waals surface area contributed by atoms with E-state index < -0.39 is 5.60 Å². The zero-order chi connectivity index (χ0) is 30.8. The van der Waals surface area contributed by atoms with Crippen LogP contribution in [0.2, 0.25) is 0 Å². The van der Waals surface area contributed by atoms with Gasteiger partial charge in [-0.15, -0.1) is 0 Å². The Balaban J connectivity index is 1.23. The van der Waals surface area contributed by atoms with Gasteiger partial charge in [0.25, 0.3) is 0 Å². The van der Waals surface area contributed by atoms with Gasteiger partial charge in [-0.3, -0.25) is 14.4 Å². The van der Waals surface area contributed by atoms with Crippen molar-refractivity contribution >= 4 is 17.5 Å². The minimum Gasteiger partial charge on any atom is -0.471 e. The molecule has 0 spiro atoms. The quantitative estimate of drug-likeness (QED) is 0.128. The summed E-state index contributed by atoms with van der Waals surface area (Å²) in [5.41, 5.74) is -0.402. The SMILES string of the molecule is CC/C=C\C/C=C\C/C=C\C/C=C\C/C=C\CCCC(=O)N1CC[C@@H](CCC(=O)C2=CC(=O)C(C)(c3ccccc3)O2)C1. The molecule has 43 heavy (non-hydrogen) atoms. The first-order valence-electron chi connectivity index (χ1n) is 16.0. The molecule has 0 bridgehead atoms. The lowest BCUT2D eigenvalue weighted by molar-refractivity contribution is -0.132. The molecule has 5 heteroatoms. The van der Waals surface area contributed by atoms with Crippen LogP contribution in [0, 0.1) is 5.92 Å². The maximum atomic E-state index is 12.8. The summed E-state index contributed by atoms with van der Waals surface area (Å²) in [5.74, 6) is 0.306. The van der Waals surface area contributed by atoms with E-state index in [0.717, 1.165) is 63.5 Å². The average molecular weight is 584 g/mol. The molecule has 5 nitrogen and oxygen atoms in total. The van der Waals surface area contributed by atoms with Crippen LogP contribution in [0.3, 0.4) is 0 Å². The maximum Gasteiger partial charge on any atom is 0.222 e. The van der Waals surface area contributed by atoms with E-state index in [4.69, 9.17) is 4.74 Å². The van der Waals surface area contributed by atoms with Gasteiger partial charge in [0.2, 0.25) is 11.7 Å². The first-order valence-corrected chi connectivity index (χ1v) is 16.0. The summed E-state index contributed by atoms with van der Waals surface area (Å²) in [6.07, 6.45) is 32.4. The number of carbonyl (C=O) groups is 3. The molecule has 2 aliphatic rings. The highest BCUT2D eigenvalue weighted by Gasteiger charge is 2.43. The van der Waals surface area contributed by atoms with Gasteiger partial charge in [0, 0.05) is 37.6 Å². The largest absolute Gasteiger partial charge is 0.471 e. The number of ether oxygens (including phenoxy) is 1. The molecule has 0 radical (unpaired) electrons. The number of hydrogen-bond acceptors (Lipinski definition) is 4. The van der Waals surface area contributed by atoms with Gasteiger partial charge in [0.1, 0.15) is 0 Å². The van der Waals surface area contributed by atoms with E-state index in [0.29, 0.717) is 31.7 Å². The Morgan fingerprint density at radius 1 is 0.884 bits per heavy atom. The summed E-state index contributed by atoms with van der Waals surface area (Å²) >= 11 is 0. The molecule has 0 aliphatic carbocycles. The fraction of sp³-hybridized carbons (Fsp3) is 0.447. The molecule has 0 aromatic heterocycles. The monoisotopic (exact) mass is 583 g/mol. The van der Waals surface area contributed by atoms with E-state index in [1.807, 2.05) is 35.2 Å². The second-order valence-electron chi connectivity index (χ2n) is 11.4. The number of allylic oxidation sites excluding steroid dienone is 11. The normalized spacial score (nSPS) is 20.9. The summed E-state index contributed by atoms with van der Waals surface area (Å²) < 4.78 is 5.89. The van der Waals surface area contributed by atoms with Gasteiger partial charge in [-0.2, -0.15) is 0 Å². The van der Waals surface area contributed by atoms with Crippen molar-refractivity contribution in [2.24, 2.45) is 5.92 Å². The zero-order valence-electron chi connectivity index (χ0n) is 26.1. The molecule has 2 atom stereocenters. The second-order valence-corrected chi connectivity index (χ2v) is 11.4. The molecule has 1 fully saturated rings. The Morgan fingerprint density at radius 2 is 1.49 bits per heavy atom. The summed E-state index contributed by atoms with van der Waals surface area (Å²) in [4.78, 5) is 40.1. The number of nitrogens with zero attached hydrogens (tertiary/aromatic N) is 1. The third-order valence-electron chi connectivity index (χ3n) is 7.98. The lowest BCUT2D eigenvalue weighted by Crippen LogP contribution is -2.30. The van der Waals surface area contributed by atoms with Gasteiger partial charge in [-0.25, -0.2) is 0 Å². The molecule has 0 saturated carbocycles. The predicted molar refractivity (Wildman–Crippen MR) is 175 cm³/mol. The molecule has 2 heterocycles. The van der Waals surface area contributed by atoms with Crippen molar-refractivity contribution in [3.63, 3.8) is 0 Å². The molecule has 1 saturated heterocycles. The number of ketones is 2. The van der Waals surface area contributed by atoms with Crippen molar-refractivity contribution in [3.05, 3.63) is 108 Å². The Morgan fingerprint density at radius 3 is 2.12 bits per heavy atom. The Hall–Kier alpha value is -3.73. The van der Waals surface area contributed by atoms with Crippen molar-refractivity contribution in [2.75, 3.05) is 13.1 Å². The summed E-state index contributed by atoms with van der Waals surface area (Å²) in [6.45, 7) is 5.32. The van der Waals surface area contributed by atoms with E-state index in [1.165, 1.54) is 6.08 Å². The van der Waals surface area contributed by atoms with Crippen LogP contribution in [0.15, 0.2) is 103 Å². The van der Waals surface area contributed by atoms with Crippen LogP contribution in [0.4, 0.5) is 0 Å². The minimum atomic E-state index is -1.14. The van der Waals surface area contributed by atoms with Crippen molar-refractivity contribution in [2.45, 2.75) is 90.1 Å². The number of unbranched alkanes of at least 4 members (excludes halogenated alkanes) is 1. The lowest BCUT2D eigenvalue weighted by atomic mass is 9.92. The van der Waals surface area contributed by atoms with Crippen LogP contribution >= 0.6 is 0 Å². The summed E-state index contributed by atoms with van der Waals surface area (Å²) in [5, 5.41) is 0. The van der Waals surface area contributed by atoms with Crippen LogP contribution in [0.25, 0.3) is 0 Å². The molecule has 1 aromatic carbocycles. The molecular weight excluding hydrogens is 534 g/mol. The van der Waals surface area contributed by atoms with E-state index in [9.17, 15) is 14.4 Å². The first kappa shape index (κ1) is 33.8. The number of Topliss-reactive ketones (excluding diaryl/α,β-unsaturated/α-hetero) is 1. The van der Waals surface area contributed by atoms with Gasteiger partial charge in [0.05, 0.1) is 0 Å². The molecule has 1 aromatic rings. The lowest BCUT2D eigenvalue weighted by Gasteiger charge is -2.24. The second kappa shape index (κ2) is 18.7. The highest BCUT2D eigenvalue weighted by molar-refractivity contribution is 6.08. The van der Waals surface area contributed by atoms with E-state index in [-0.39, 0.29) is 23.2 Å². The average Bonchev–Trinajstić information content (AvgIpc) is 3.62. The van der Waals surface area contributed by atoms with Gasteiger partial charge < -0.3 is 9.64 Å². The Kier molecular flexibility index (Phi) is 14.7. The van der Waals surface area contributed by atoms with Gasteiger partial charge in [0.15, 0.2) is 17.1 Å². The van der Waals surface area contributed by atoms with E-state index >= 15 is 0 Å². The van der Waals surface area contributed by atoms with Crippen molar-refractivity contribution in [3.8, 4) is 0 Å². The van der Waals surface area contributed by atoms with Gasteiger partial charge in [-0.1, -0.05) is 98.0 Å². The molecular formula is C38H49NO4. The topological polar surface area (TPSA) is 63.7 Å². The van der Waals surface area contributed by atoms with Crippen LogP contribution in [-0.4, -0.2) is 35.5 Å². The van der Waals surface area contributed by atoms with E-state index in [1.54, 1.807) is 6.92 Å². The molecule has 1 unspecified atom stereocenters. The van der Waals surface area contributed by atoms with Crippen molar-refractivity contribution in [1.29, 1.82) is 0 Å². The van der Waals surface area contributed by atoms with Crippen LogP contribution in [-0.2, 0) is 24.7 Å². The van der Waals surface area contributed by atoms with Crippen LogP contribution in [0.1, 0.15) is 90.0 Å². The fourth-order valence-electron chi connectivity index (χ4n) is 5.30. The van der Waals surface area contributed by atoms with Gasteiger partial charge >= 0.3 is 0 Å². The van der Waals surface area contributed by atoms with E-state index in [2.05, 4.69) is 67.7 Å². The highest BCUT2D eigenvalue weighted by Crippen LogP contribution is 2.36. The number of rotatable bonds is 18.